The van der Waals surface area contributed by atoms with Crippen LogP contribution < -0.4 is 54.2 Å². The fourth-order valence-electron chi connectivity index (χ4n) is 13.4. The zero-order valence-corrected chi connectivity index (χ0v) is 77.5. The molecular weight excluding hydrogens is 1820 g/mol. The van der Waals surface area contributed by atoms with Crippen molar-refractivity contribution in [1.82, 2.24) is 137 Å². The number of terminal acetylenes is 1. The number of ketones is 1. The van der Waals surface area contributed by atoms with Gasteiger partial charge in [0.1, 0.15) is 16.7 Å². The molecular formula is C83H81Cl4F2LiN35NaO8. The number of imidazole rings is 7. The number of nitrogens with two attached hydrogens (primary N) is 1. The van der Waals surface area contributed by atoms with Crippen LogP contribution in [0.15, 0.2) is 153 Å². The summed E-state index contributed by atoms with van der Waals surface area (Å²) in [5, 5.41) is 58.3. The number of carboxylic acids is 1. The molecule has 0 aromatic carbocycles. The summed E-state index contributed by atoms with van der Waals surface area (Å²) in [7, 11) is 0. The van der Waals surface area contributed by atoms with Crippen molar-refractivity contribution in [2.75, 3.05) is 13.2 Å². The third-order valence-electron chi connectivity index (χ3n) is 20.5. The minimum absolute atomic E-state index is 0. The van der Waals surface area contributed by atoms with Gasteiger partial charge in [-0.15, -0.1) is 45.7 Å². The number of pyridine rings is 2. The first-order valence-corrected chi connectivity index (χ1v) is 42.3. The van der Waals surface area contributed by atoms with Gasteiger partial charge in [0.05, 0.1) is 186 Å². The molecule has 17 aromatic heterocycles. The zero-order valence-electron chi connectivity index (χ0n) is 72.4. The van der Waals surface area contributed by atoms with Crippen LogP contribution in [0.2, 0.25) is 10.0 Å². The molecule has 0 radical (unpaired) electrons. The van der Waals surface area contributed by atoms with Crippen LogP contribution >= 0.6 is 47.2 Å². The Morgan fingerprint density at radius 2 is 0.873 bits per heavy atom. The van der Waals surface area contributed by atoms with Gasteiger partial charge in [-0.3, -0.25) is 9.71 Å². The van der Waals surface area contributed by atoms with Crippen molar-refractivity contribution in [3.8, 4) is 12.3 Å². The number of carbonyl (C=O) groups excluding carboxylic acids is 3. The van der Waals surface area contributed by atoms with Crippen LogP contribution in [-0.4, -0.2) is 184 Å². The van der Waals surface area contributed by atoms with E-state index in [0.717, 1.165) is 79.5 Å². The molecule has 0 bridgehead atoms. The molecule has 0 unspecified atom stereocenters. The summed E-state index contributed by atoms with van der Waals surface area (Å²) in [5.41, 5.74) is 42.7. The first-order valence-electron chi connectivity index (χ1n) is 41.0. The van der Waals surface area contributed by atoms with E-state index in [9.17, 15) is 28.0 Å². The van der Waals surface area contributed by atoms with E-state index in [1.807, 2.05) is 90.1 Å². The quantitative estimate of drug-likeness (QED) is 0.00719. The molecule has 4 N–H and O–H groups in total. The van der Waals surface area contributed by atoms with Crippen LogP contribution in [0.4, 0.5) is 8.78 Å². The molecule has 51 heteroatoms. The number of esters is 2. The van der Waals surface area contributed by atoms with E-state index < -0.39 is 29.5 Å². The fraction of sp³-hybridized carbons (Fsp3) is 0.325. The van der Waals surface area contributed by atoms with Crippen molar-refractivity contribution in [3.05, 3.63) is 281 Å². The number of carboxylic acid groups (broad SMARTS) is 1. The first kappa shape index (κ1) is 101. The van der Waals surface area contributed by atoms with Gasteiger partial charge in [0.15, 0.2) is 57.0 Å². The number of rotatable bonds is 23. The summed E-state index contributed by atoms with van der Waals surface area (Å²) in [6, 6.07) is 23.0. The number of alkyl halides is 1. The number of aromatic nitrogens is 28. The van der Waals surface area contributed by atoms with Gasteiger partial charge in [0, 0.05) is 65.8 Å². The molecule has 134 heavy (non-hydrogen) atoms. The molecule has 22 rings (SSSR count). The van der Waals surface area contributed by atoms with Crippen molar-refractivity contribution in [3.63, 3.8) is 0 Å². The van der Waals surface area contributed by atoms with Crippen LogP contribution in [0.5, 0.6) is 0 Å². The summed E-state index contributed by atoms with van der Waals surface area (Å²) in [6.07, 6.45) is 37.4. The predicted octanol–water partition coefficient (Wildman–Crippen LogP) is 7.52. The third kappa shape index (κ3) is 26.2. The van der Waals surface area contributed by atoms with E-state index in [1.165, 1.54) is 110 Å². The number of azide groups is 1. The topological polar surface area (TPSA) is 548 Å². The van der Waals surface area contributed by atoms with Gasteiger partial charge in [0.25, 0.3) is 0 Å². The summed E-state index contributed by atoms with van der Waals surface area (Å²) in [4.78, 5) is 79.5. The van der Waals surface area contributed by atoms with Gasteiger partial charge in [0.2, 0.25) is 0 Å². The van der Waals surface area contributed by atoms with Gasteiger partial charge in [-0.25, -0.2) is 94.7 Å². The summed E-state index contributed by atoms with van der Waals surface area (Å²) >= 11 is 17.2. The minimum atomic E-state index is -1.09. The van der Waals surface area contributed by atoms with Gasteiger partial charge in [-0.05, 0) is 163 Å². The smallest absolute Gasteiger partial charge is 0.870 e. The Morgan fingerprint density at radius 3 is 1.22 bits per heavy atom. The van der Waals surface area contributed by atoms with Crippen molar-refractivity contribution in [1.29, 1.82) is 0 Å². The maximum atomic E-state index is 14.4. The van der Waals surface area contributed by atoms with E-state index in [0.29, 0.717) is 85.2 Å². The Kier molecular flexibility index (Phi) is 35.4. The number of nitrogens with zero attached hydrogens (tertiary/aromatic N) is 34. The molecule has 43 nitrogen and oxygen atoms in total. The monoisotopic (exact) mass is 1900 g/mol. The molecule has 680 valence electrons. The molecule has 5 saturated carbocycles. The van der Waals surface area contributed by atoms with Gasteiger partial charge in [-0.2, -0.15) is 25.5 Å². The van der Waals surface area contributed by atoms with E-state index in [-0.39, 0.29) is 131 Å². The zero-order chi connectivity index (χ0) is 91.1. The van der Waals surface area contributed by atoms with Crippen LogP contribution in [0.1, 0.15) is 214 Å². The Balaban J connectivity index is 0.000000154. The van der Waals surface area contributed by atoms with Crippen molar-refractivity contribution >= 4 is 110 Å². The molecule has 0 spiro atoms. The average molecular weight is 1910 g/mol. The number of fused-ring (bicyclic) bond motifs is 7. The SMILES string of the molecule is C#CC(=O)OCC.CCOC(=O)c1cn(Cc2cn3nc(C4CC4)ccc3n2)nn1.Cl.ClCc1cn2nc(C3CC3)ccc2n1.NCc1ncn2ccc(Cl)c(F)c12.O=C(CCc1ncn2ccc(Cl)c(F)c12)c1cn(Cc2cn3nc(C4CC4)ccc3n2)nn1.O=C(O)c1cn(Cc2cn3nc(C4CC4)ccc3n2)nn1.[Li+].[N-]=[N+]=NCc1cn2nc(C3CC3)ccc2n1.[N-]=[N+]=[N-].[Na+].[OH-]. The molecule has 17 aromatic rings. The average Bonchev–Trinajstić information content (AvgIpc) is 1.67. The second kappa shape index (κ2) is 46.9. The van der Waals surface area contributed by atoms with E-state index in [4.69, 9.17) is 67.0 Å². The second-order valence-electron chi connectivity index (χ2n) is 30.2. The number of carbonyl (C=O) groups is 4. The molecule has 5 aliphatic rings. The minimum Gasteiger partial charge on any atom is -0.870 e. The standard InChI is InChI=1S/C22H18ClFN8O.C15H16N6O2.C13H12N6O2.C10H10ClN3.C10H10N6.C8H7ClFN3.C5H6O2.ClH.Li.N3.Na.H2O/c23-15-7-8-30-12-25-17(22(30)21(15)24)3-5-19(33)18-11-31(29-27-18)9-14-10-32-20(26-14)6-4-16(28-32)13-1-2-13;1-2-23-15(22)13-9-20(19-17-13)7-11-8-21-14(16-11)6-5-12(18-21)10-3-4-10;20-13(21)11-7-18(17-15-11)5-9-6-19-12(14-9)4-3-10(16-19)8-1-2-8;11-5-8-6-14-10(12-8)4-3-9(13-14)7-1-2-7;11-15-12-5-8-6-16-10(13-8)4-3-9(14-16)7-1-2-7;9-5-1-2-13-4-12-6(3-11)8(13)7(5)10;1-3-5(6)7-4-2;;;1-3-2;;/h4,6-8,10-13H,1-3,5,9H2;5-6,8-10H,2-4,7H2,1H3;3-4,6-8H,1-2,5H2,(H,20,21);3-4,6-7H,1-2,5H2;3-4,6-7H,1-2,5H2;1-2,4H,3,11H2;1H,4H2,2H3;1H;;;;1H2/q;;;;;;;;+1;-1;+1;/p-1. The third-order valence-corrected chi connectivity index (χ3v) is 21.3. The van der Waals surface area contributed by atoms with Crippen molar-refractivity contribution in [2.45, 2.75) is 159 Å². The molecule has 0 atom stereocenters. The Labute approximate surface area is 813 Å². The van der Waals surface area contributed by atoms with E-state index in [2.05, 4.69) is 119 Å². The molecule has 5 fully saturated rings. The van der Waals surface area contributed by atoms with Crippen molar-refractivity contribution < 1.29 is 96.4 Å². The number of ether oxygens (including phenoxy) is 2. The molecule has 0 amide bonds. The van der Waals surface area contributed by atoms with Gasteiger partial charge < -0.3 is 45.7 Å². The molecule has 0 saturated heterocycles. The number of halogens is 6. The molecule has 0 aliphatic heterocycles. The van der Waals surface area contributed by atoms with Crippen LogP contribution in [0.25, 0.3) is 65.7 Å². The Morgan fingerprint density at radius 1 is 0.530 bits per heavy atom. The van der Waals surface area contributed by atoms with Crippen LogP contribution in [0, 0.1) is 24.0 Å². The Hall–Kier alpha value is -13.3. The molecule has 5 aliphatic carbocycles. The Bertz CT molecular complexity index is 7130. The number of hydrogen-bond donors (Lipinski definition) is 2. The van der Waals surface area contributed by atoms with Crippen molar-refractivity contribution in [2.24, 2.45) is 10.8 Å². The number of hydrogen-bond acceptors (Lipinski definition) is 27. The number of Topliss-reactive ketones (excluding diaryl/α,β-unsaturated/α-hetero) is 1. The normalized spacial score (nSPS) is 13.2. The van der Waals surface area contributed by atoms with Crippen LogP contribution in [0.3, 0.4) is 0 Å². The number of aromatic carboxylic acids is 1. The largest absolute Gasteiger partial charge is 1.00 e. The van der Waals surface area contributed by atoms with E-state index in [1.54, 1.807) is 80.8 Å². The molecule has 17 heterocycles. The van der Waals surface area contributed by atoms with Gasteiger partial charge in [-0.1, -0.05) is 44.0 Å². The van der Waals surface area contributed by atoms with Crippen LogP contribution in [-0.2, 0) is 59.3 Å². The number of aryl methyl sites for hydroxylation is 1. The maximum Gasteiger partial charge on any atom is 1.00 e. The summed E-state index contributed by atoms with van der Waals surface area (Å²) in [5.74, 6) is 1.96. The predicted molar refractivity (Wildman–Crippen MR) is 473 cm³/mol. The first-order chi connectivity index (χ1) is 63.1. The summed E-state index contributed by atoms with van der Waals surface area (Å²) < 4.78 is 53.6. The second-order valence-corrected chi connectivity index (χ2v) is 31.3. The van der Waals surface area contributed by atoms with E-state index >= 15 is 0 Å². The van der Waals surface area contributed by atoms with Gasteiger partial charge >= 0.3 is 66.3 Å². The maximum absolute atomic E-state index is 14.4. The summed E-state index contributed by atoms with van der Waals surface area (Å²) in [6.45, 7) is 5.76. The fourth-order valence-corrected chi connectivity index (χ4v) is 13.8.